The van der Waals surface area contributed by atoms with Crippen molar-refractivity contribution in [1.29, 1.82) is 0 Å². The van der Waals surface area contributed by atoms with E-state index in [4.69, 9.17) is 23.2 Å². The molecule has 0 N–H and O–H groups in total. The third kappa shape index (κ3) is 3.48. The number of nitro groups is 1. The summed E-state index contributed by atoms with van der Waals surface area (Å²) in [6.45, 7) is 2.79. The number of benzene rings is 2. The molecule has 0 amide bonds. The summed E-state index contributed by atoms with van der Waals surface area (Å²) in [5, 5.41) is 11.8. The molecule has 7 heteroatoms. The average molecular weight is 366 g/mol. The molecule has 2 aromatic carbocycles. The summed E-state index contributed by atoms with van der Waals surface area (Å²) < 4.78 is 0. The molecule has 0 bridgehead atoms. The second-order valence-electron chi connectivity index (χ2n) is 5.63. The van der Waals surface area contributed by atoms with E-state index in [0.29, 0.717) is 36.9 Å². The molecule has 0 saturated carbocycles. The average Bonchev–Trinajstić information content (AvgIpc) is 2.62. The zero-order valence-corrected chi connectivity index (χ0v) is 14.5. The molecule has 0 aromatic heterocycles. The van der Waals surface area contributed by atoms with Crippen LogP contribution in [0.3, 0.4) is 0 Å². The minimum atomic E-state index is -0.337. The molecule has 126 valence electrons. The number of nitrogens with zero attached hydrogens (tertiary/aromatic N) is 3. The minimum Gasteiger partial charge on any atom is -0.363 e. The summed E-state index contributed by atoms with van der Waals surface area (Å²) in [4.78, 5) is 15.0. The Kier molecular flexibility index (Phi) is 5.23. The molecule has 5 nitrogen and oxygen atoms in total. The molecule has 24 heavy (non-hydrogen) atoms. The van der Waals surface area contributed by atoms with Crippen LogP contribution in [0, 0.1) is 10.1 Å². The Morgan fingerprint density at radius 3 is 2.29 bits per heavy atom. The van der Waals surface area contributed by atoms with Gasteiger partial charge in [-0.25, -0.2) is 0 Å². The highest BCUT2D eigenvalue weighted by Crippen LogP contribution is 2.33. The molecule has 1 unspecified atom stereocenters. The van der Waals surface area contributed by atoms with Gasteiger partial charge in [0.2, 0.25) is 0 Å². The molecular formula is C17H17Cl2N3O2. The molecular weight excluding hydrogens is 349 g/mol. The van der Waals surface area contributed by atoms with E-state index in [1.54, 1.807) is 12.1 Å². The van der Waals surface area contributed by atoms with Crippen LogP contribution in [-0.4, -0.2) is 36.0 Å². The summed E-state index contributed by atoms with van der Waals surface area (Å²) in [6, 6.07) is 14.4. The predicted molar refractivity (Wildman–Crippen MR) is 96.9 cm³/mol. The van der Waals surface area contributed by atoms with Crippen LogP contribution in [0.25, 0.3) is 0 Å². The number of piperazine rings is 1. The quantitative estimate of drug-likeness (QED) is 0.350. The van der Waals surface area contributed by atoms with Crippen LogP contribution in [0.4, 0.5) is 11.4 Å². The first-order valence-electron chi connectivity index (χ1n) is 7.69. The van der Waals surface area contributed by atoms with Gasteiger partial charge in [0.05, 0.1) is 4.92 Å². The Balaban J connectivity index is 1.70. The van der Waals surface area contributed by atoms with Crippen LogP contribution in [0.1, 0.15) is 11.1 Å². The topological polar surface area (TPSA) is 49.6 Å². The monoisotopic (exact) mass is 365 g/mol. The number of halogens is 2. The van der Waals surface area contributed by atoms with Gasteiger partial charge in [-0.3, -0.25) is 15.0 Å². The second kappa shape index (κ2) is 7.38. The second-order valence-corrected chi connectivity index (χ2v) is 6.45. The minimum absolute atomic E-state index is 0.138. The van der Waals surface area contributed by atoms with Crippen molar-refractivity contribution in [2.45, 2.75) is 5.50 Å². The Morgan fingerprint density at radius 2 is 1.62 bits per heavy atom. The van der Waals surface area contributed by atoms with E-state index in [0.717, 1.165) is 5.56 Å². The highest BCUT2D eigenvalue weighted by atomic mass is 35.5. The predicted octanol–water partition coefficient (Wildman–Crippen LogP) is 4.31. The van der Waals surface area contributed by atoms with Crippen molar-refractivity contribution < 1.29 is 4.92 Å². The van der Waals surface area contributed by atoms with Crippen LogP contribution in [-0.2, 0) is 0 Å². The van der Waals surface area contributed by atoms with Crippen molar-refractivity contribution in [3.8, 4) is 0 Å². The summed E-state index contributed by atoms with van der Waals surface area (Å²) in [5.74, 6) is 0. The van der Waals surface area contributed by atoms with Gasteiger partial charge < -0.3 is 4.90 Å². The van der Waals surface area contributed by atoms with Crippen molar-refractivity contribution in [3.05, 3.63) is 69.2 Å². The van der Waals surface area contributed by atoms with Crippen LogP contribution < -0.4 is 4.90 Å². The molecule has 0 aliphatic carbocycles. The van der Waals surface area contributed by atoms with Crippen molar-refractivity contribution in [1.82, 2.24) is 4.90 Å². The molecule has 3 rings (SSSR count). The smallest absolute Gasteiger partial charge is 0.292 e. The lowest BCUT2D eigenvalue weighted by atomic mass is 10.1. The fraction of sp³-hybridized carbons (Fsp3) is 0.294. The first-order chi connectivity index (χ1) is 11.6. The Hall–Kier alpha value is -1.82. The van der Waals surface area contributed by atoms with Gasteiger partial charge in [-0.15, -0.1) is 11.6 Å². The van der Waals surface area contributed by atoms with Gasteiger partial charge in [0, 0.05) is 42.8 Å². The summed E-state index contributed by atoms with van der Waals surface area (Å²) >= 11 is 12.8. The largest absolute Gasteiger partial charge is 0.363 e. The fourth-order valence-corrected chi connectivity index (χ4v) is 3.62. The third-order valence-electron chi connectivity index (χ3n) is 4.22. The van der Waals surface area contributed by atoms with Gasteiger partial charge >= 0.3 is 0 Å². The number of para-hydroxylation sites is 2. The van der Waals surface area contributed by atoms with Gasteiger partial charge in [0.25, 0.3) is 5.69 Å². The van der Waals surface area contributed by atoms with E-state index >= 15 is 0 Å². The lowest BCUT2D eigenvalue weighted by Crippen LogP contribution is -2.47. The third-order valence-corrected chi connectivity index (χ3v) is 5.07. The molecule has 1 heterocycles. The number of rotatable bonds is 4. The first kappa shape index (κ1) is 17.0. The zero-order chi connectivity index (χ0) is 17.1. The molecule has 1 saturated heterocycles. The number of nitro benzene ring substituents is 1. The SMILES string of the molecule is O=[N+]([O-])c1ccccc1N1CCN(C(Cl)c2ccccc2Cl)CC1. The maximum atomic E-state index is 11.2. The van der Waals surface area contributed by atoms with Crippen LogP contribution in [0.15, 0.2) is 48.5 Å². The summed E-state index contributed by atoms with van der Waals surface area (Å²) in [6.07, 6.45) is 0. The number of anilines is 1. The van der Waals surface area contributed by atoms with Crippen LogP contribution in [0.5, 0.6) is 0 Å². The molecule has 2 aromatic rings. The van der Waals surface area contributed by atoms with Crippen molar-refractivity contribution >= 4 is 34.6 Å². The van der Waals surface area contributed by atoms with Crippen LogP contribution in [0.2, 0.25) is 5.02 Å². The van der Waals surface area contributed by atoms with Gasteiger partial charge in [0.15, 0.2) is 0 Å². The maximum absolute atomic E-state index is 11.2. The van der Waals surface area contributed by atoms with E-state index < -0.39 is 0 Å². The van der Waals surface area contributed by atoms with E-state index in [9.17, 15) is 10.1 Å². The lowest BCUT2D eigenvalue weighted by molar-refractivity contribution is -0.384. The fourth-order valence-electron chi connectivity index (χ4n) is 2.94. The molecule has 1 atom stereocenters. The van der Waals surface area contributed by atoms with Crippen molar-refractivity contribution in [2.75, 3.05) is 31.1 Å². The Morgan fingerprint density at radius 1 is 1.00 bits per heavy atom. The Labute approximate surface area is 150 Å². The lowest BCUT2D eigenvalue weighted by Gasteiger charge is -2.38. The van der Waals surface area contributed by atoms with E-state index in [-0.39, 0.29) is 16.1 Å². The van der Waals surface area contributed by atoms with Crippen LogP contribution >= 0.6 is 23.2 Å². The van der Waals surface area contributed by atoms with Crippen molar-refractivity contribution in [2.24, 2.45) is 0 Å². The van der Waals surface area contributed by atoms with Crippen molar-refractivity contribution in [3.63, 3.8) is 0 Å². The maximum Gasteiger partial charge on any atom is 0.292 e. The van der Waals surface area contributed by atoms with Gasteiger partial charge in [0.1, 0.15) is 11.2 Å². The summed E-state index contributed by atoms with van der Waals surface area (Å²) in [5.41, 5.74) is 1.39. The molecule has 0 radical (unpaired) electrons. The highest BCUT2D eigenvalue weighted by molar-refractivity contribution is 6.32. The van der Waals surface area contributed by atoms with Gasteiger partial charge in [-0.2, -0.15) is 0 Å². The van der Waals surface area contributed by atoms with Gasteiger partial charge in [-0.1, -0.05) is 41.9 Å². The highest BCUT2D eigenvalue weighted by Gasteiger charge is 2.27. The molecule has 0 spiro atoms. The normalized spacial score (nSPS) is 16.8. The molecule has 1 aliphatic rings. The van der Waals surface area contributed by atoms with E-state index in [1.807, 2.05) is 35.2 Å². The Bertz CT molecular complexity index is 733. The number of hydrogen-bond donors (Lipinski definition) is 0. The van der Waals surface area contributed by atoms with E-state index in [2.05, 4.69) is 4.90 Å². The first-order valence-corrected chi connectivity index (χ1v) is 8.50. The van der Waals surface area contributed by atoms with E-state index in [1.165, 1.54) is 6.07 Å². The standard InChI is InChI=1S/C17H17Cl2N3O2/c18-14-6-2-1-5-13(14)17(19)21-11-9-20(10-12-21)15-7-3-4-8-16(15)22(23)24/h1-8,17H,9-12H2. The number of alkyl halides is 1. The zero-order valence-electron chi connectivity index (χ0n) is 12.9. The molecule has 1 aliphatic heterocycles. The molecule has 1 fully saturated rings. The van der Waals surface area contributed by atoms with Gasteiger partial charge in [-0.05, 0) is 12.1 Å². The summed E-state index contributed by atoms with van der Waals surface area (Å²) in [7, 11) is 0. The number of hydrogen-bond acceptors (Lipinski definition) is 4.